The van der Waals surface area contributed by atoms with Gasteiger partial charge in [0.25, 0.3) is 11.4 Å². The molecule has 11 nitrogen and oxygen atoms in total. The van der Waals surface area contributed by atoms with Crippen LogP contribution in [-0.2, 0) is 19.1 Å². The molecule has 1 heterocycles. The van der Waals surface area contributed by atoms with Gasteiger partial charge in [0.1, 0.15) is 17.5 Å². The number of nitrogens with two attached hydrogens (primary N) is 1. The highest BCUT2D eigenvalue weighted by molar-refractivity contribution is 5.95. The van der Waals surface area contributed by atoms with Crippen LogP contribution < -0.4 is 5.73 Å². The lowest BCUT2D eigenvalue weighted by Crippen LogP contribution is -2.49. The first-order valence-corrected chi connectivity index (χ1v) is 9.75. The minimum Gasteiger partial charge on any atom is -0.475 e. The average Bonchev–Trinajstić information content (AvgIpc) is 2.65. The Morgan fingerprint density at radius 1 is 1.29 bits per heavy atom. The van der Waals surface area contributed by atoms with Crippen LogP contribution >= 0.6 is 0 Å². The van der Waals surface area contributed by atoms with E-state index in [9.17, 15) is 29.8 Å². The minimum absolute atomic E-state index is 0.0137. The van der Waals surface area contributed by atoms with E-state index in [0.29, 0.717) is 6.42 Å². The van der Waals surface area contributed by atoms with Crippen LogP contribution in [0.2, 0.25) is 0 Å². The van der Waals surface area contributed by atoms with Crippen LogP contribution in [0, 0.1) is 31.6 Å². The number of benzene rings is 1. The number of ether oxygens (including phenoxy) is 2. The normalized spacial score (nSPS) is 24.7. The molecule has 0 spiro atoms. The van der Waals surface area contributed by atoms with Crippen molar-refractivity contribution in [2.75, 3.05) is 6.61 Å². The van der Waals surface area contributed by atoms with E-state index in [2.05, 4.69) is 0 Å². The second kappa shape index (κ2) is 7.97. The molecule has 31 heavy (non-hydrogen) atoms. The lowest BCUT2D eigenvalue weighted by atomic mass is 9.63. The van der Waals surface area contributed by atoms with E-state index in [1.54, 1.807) is 6.92 Å². The third kappa shape index (κ3) is 4.07. The highest BCUT2D eigenvalue weighted by Gasteiger charge is 2.53. The van der Waals surface area contributed by atoms with Gasteiger partial charge in [0.05, 0.1) is 28.4 Å². The van der Waals surface area contributed by atoms with Crippen LogP contribution in [0.25, 0.3) is 0 Å². The van der Waals surface area contributed by atoms with E-state index in [-0.39, 0.29) is 41.2 Å². The van der Waals surface area contributed by atoms with Gasteiger partial charge in [-0.3, -0.25) is 25.0 Å². The Balaban J connectivity index is 2.25. The Morgan fingerprint density at radius 3 is 2.55 bits per heavy atom. The number of non-ortho nitro benzene ring substituents is 1. The molecule has 1 fully saturated rings. The van der Waals surface area contributed by atoms with Gasteiger partial charge in [0.15, 0.2) is 5.88 Å². The number of carbonyl (C=O) groups excluding carboxylic acids is 2. The predicted octanol–water partition coefficient (Wildman–Crippen LogP) is 2.72. The van der Waals surface area contributed by atoms with Crippen molar-refractivity contribution in [1.82, 2.24) is 0 Å². The quantitative estimate of drug-likeness (QED) is 0.417. The molecule has 11 heteroatoms. The third-order valence-corrected chi connectivity index (χ3v) is 5.64. The summed E-state index contributed by atoms with van der Waals surface area (Å²) < 4.78 is 10.8. The van der Waals surface area contributed by atoms with Crippen LogP contribution in [0.15, 0.2) is 29.7 Å². The summed E-state index contributed by atoms with van der Waals surface area (Å²) in [5.41, 5.74) is 4.40. The lowest BCUT2D eigenvalue weighted by Gasteiger charge is -2.45. The number of esters is 1. The number of nitro benzene ring substituents is 2. The Hall–Kier alpha value is -3.50. The zero-order valence-electron chi connectivity index (χ0n) is 17.3. The molecule has 1 aliphatic heterocycles. The van der Waals surface area contributed by atoms with E-state index in [0.717, 1.165) is 12.1 Å². The number of carbonyl (C=O) groups is 2. The van der Waals surface area contributed by atoms with Crippen LogP contribution in [-0.4, -0.2) is 34.3 Å². The Labute approximate surface area is 177 Å². The number of fused-ring (bicyclic) bond motifs is 1. The van der Waals surface area contributed by atoms with Crippen LogP contribution in [0.4, 0.5) is 11.4 Å². The Morgan fingerprint density at radius 2 is 1.97 bits per heavy atom. The minimum atomic E-state index is -1.12. The highest BCUT2D eigenvalue weighted by atomic mass is 16.6. The molecular weight excluding hydrogens is 410 g/mol. The predicted molar refractivity (Wildman–Crippen MR) is 107 cm³/mol. The molecular formula is C20H23N3O8. The zero-order valence-corrected chi connectivity index (χ0v) is 17.3. The standard InChI is InChI=1S/C20H23N3O8/c1-4-30-19(25)17-15(11-6-5-10(22(26)27)7-12(11)23(28)29)16-13(24)8-20(2,3)9-14(16)31-18(17)21/h5-7,14-16H,4,8-9,21H2,1-3H3/t14-,15+,16+/m1/s1. The van der Waals surface area contributed by atoms with Crippen molar-refractivity contribution in [1.29, 1.82) is 0 Å². The topological polar surface area (TPSA) is 165 Å². The van der Waals surface area contributed by atoms with Gasteiger partial charge in [-0.15, -0.1) is 0 Å². The van der Waals surface area contributed by atoms with Crippen molar-refractivity contribution in [2.24, 2.45) is 17.1 Å². The Kier molecular flexibility index (Phi) is 5.70. The van der Waals surface area contributed by atoms with Gasteiger partial charge in [-0.2, -0.15) is 0 Å². The monoisotopic (exact) mass is 433 g/mol. The zero-order chi connectivity index (χ0) is 23.1. The number of Topliss-reactive ketones (excluding diaryl/α,β-unsaturated/α-hetero) is 1. The number of nitro groups is 2. The molecule has 2 aliphatic rings. The number of hydrogen-bond acceptors (Lipinski definition) is 9. The molecule has 1 aromatic carbocycles. The van der Waals surface area contributed by atoms with Crippen molar-refractivity contribution >= 4 is 23.1 Å². The fourth-order valence-corrected chi connectivity index (χ4v) is 4.47. The Bertz CT molecular complexity index is 1000. The summed E-state index contributed by atoms with van der Waals surface area (Å²) in [6.45, 7) is 5.39. The first kappa shape index (κ1) is 22.2. The van der Waals surface area contributed by atoms with Crippen molar-refractivity contribution < 1.29 is 28.9 Å². The number of ketones is 1. The summed E-state index contributed by atoms with van der Waals surface area (Å²) in [6.07, 6.45) is -0.0725. The van der Waals surface area contributed by atoms with Crippen LogP contribution in [0.1, 0.15) is 45.1 Å². The molecule has 3 atom stereocenters. The second-order valence-corrected chi connectivity index (χ2v) is 8.43. The molecule has 3 rings (SSSR count). The van der Waals surface area contributed by atoms with E-state index in [1.807, 2.05) is 13.8 Å². The van der Waals surface area contributed by atoms with E-state index in [1.165, 1.54) is 6.07 Å². The molecule has 1 aliphatic carbocycles. The number of nitrogens with zero attached hydrogens (tertiary/aromatic N) is 2. The highest BCUT2D eigenvalue weighted by Crippen LogP contribution is 2.51. The lowest BCUT2D eigenvalue weighted by molar-refractivity contribution is -0.394. The smallest absolute Gasteiger partial charge is 0.340 e. The maximum absolute atomic E-state index is 13.1. The maximum atomic E-state index is 13.1. The van der Waals surface area contributed by atoms with E-state index in [4.69, 9.17) is 15.2 Å². The molecule has 0 aromatic heterocycles. The third-order valence-electron chi connectivity index (χ3n) is 5.64. The van der Waals surface area contributed by atoms with Gasteiger partial charge in [-0.1, -0.05) is 13.8 Å². The fraction of sp³-hybridized carbons (Fsp3) is 0.500. The molecule has 0 radical (unpaired) electrons. The molecule has 0 unspecified atom stereocenters. The molecule has 2 N–H and O–H groups in total. The SMILES string of the molecule is CCOC(=O)C1=C(N)O[C@@H]2CC(C)(C)CC(=O)[C@@H]2[C@@H]1c1ccc([N+](=O)[O-])cc1[N+](=O)[O-]. The summed E-state index contributed by atoms with van der Waals surface area (Å²) in [7, 11) is 0. The first-order chi connectivity index (χ1) is 14.5. The van der Waals surface area contributed by atoms with Crippen molar-refractivity contribution in [3.05, 3.63) is 55.4 Å². The molecule has 0 bridgehead atoms. The van der Waals surface area contributed by atoms with Crippen molar-refractivity contribution in [3.8, 4) is 0 Å². The van der Waals surface area contributed by atoms with Gasteiger partial charge < -0.3 is 15.2 Å². The number of hydrogen-bond donors (Lipinski definition) is 1. The first-order valence-electron chi connectivity index (χ1n) is 9.75. The molecule has 1 aromatic rings. The maximum Gasteiger partial charge on any atom is 0.340 e. The van der Waals surface area contributed by atoms with Crippen LogP contribution in [0.5, 0.6) is 0 Å². The van der Waals surface area contributed by atoms with Gasteiger partial charge in [-0.05, 0) is 24.8 Å². The molecule has 1 saturated carbocycles. The van der Waals surface area contributed by atoms with Crippen LogP contribution in [0.3, 0.4) is 0 Å². The van der Waals surface area contributed by atoms with E-state index < -0.39 is 45.1 Å². The number of rotatable bonds is 5. The van der Waals surface area contributed by atoms with Gasteiger partial charge in [0, 0.05) is 24.0 Å². The largest absolute Gasteiger partial charge is 0.475 e. The molecule has 0 amide bonds. The summed E-state index contributed by atoms with van der Waals surface area (Å²) in [6, 6.07) is 3.11. The average molecular weight is 433 g/mol. The fourth-order valence-electron chi connectivity index (χ4n) is 4.47. The van der Waals surface area contributed by atoms with E-state index >= 15 is 0 Å². The summed E-state index contributed by atoms with van der Waals surface area (Å²) in [5.74, 6) is -3.38. The molecule has 0 saturated heterocycles. The van der Waals surface area contributed by atoms with Crippen molar-refractivity contribution in [3.63, 3.8) is 0 Å². The van der Waals surface area contributed by atoms with Crippen molar-refractivity contribution in [2.45, 2.75) is 45.6 Å². The summed E-state index contributed by atoms with van der Waals surface area (Å²) in [4.78, 5) is 47.2. The molecule has 166 valence electrons. The van der Waals surface area contributed by atoms with Gasteiger partial charge >= 0.3 is 5.97 Å². The van der Waals surface area contributed by atoms with Gasteiger partial charge in [-0.25, -0.2) is 4.79 Å². The summed E-state index contributed by atoms with van der Waals surface area (Å²) >= 11 is 0. The summed E-state index contributed by atoms with van der Waals surface area (Å²) in [5, 5.41) is 22.9. The van der Waals surface area contributed by atoms with Gasteiger partial charge in [0.2, 0.25) is 0 Å². The second-order valence-electron chi connectivity index (χ2n) is 8.43.